The summed E-state index contributed by atoms with van der Waals surface area (Å²) in [6.45, 7) is 1.85. The minimum atomic E-state index is -4.17. The molecule has 2 unspecified atom stereocenters. The van der Waals surface area contributed by atoms with Crippen molar-refractivity contribution in [3.05, 3.63) is 22.4 Å². The van der Waals surface area contributed by atoms with Crippen molar-refractivity contribution in [2.75, 3.05) is 6.54 Å². The highest BCUT2D eigenvalue weighted by molar-refractivity contribution is 7.10. The number of carbonyl (C=O) groups excluding carboxylic acids is 1. The minimum Gasteiger partial charge on any atom is -0.321 e. The molecule has 106 valence electrons. The van der Waals surface area contributed by atoms with Gasteiger partial charge in [0, 0.05) is 17.8 Å². The summed E-state index contributed by atoms with van der Waals surface area (Å²) < 4.78 is 36.5. The number of nitrogens with zero attached hydrogens (tertiary/aromatic N) is 1. The van der Waals surface area contributed by atoms with Gasteiger partial charge < -0.3 is 4.90 Å². The van der Waals surface area contributed by atoms with Crippen LogP contribution in [0, 0.1) is 0 Å². The number of hydrogen-bond donors (Lipinski definition) is 1. The third kappa shape index (κ3) is 3.48. The van der Waals surface area contributed by atoms with Crippen LogP contribution in [-0.4, -0.2) is 29.6 Å². The number of carbonyl (C=O) groups is 1. The van der Waals surface area contributed by atoms with E-state index >= 15 is 0 Å². The first-order valence-electron chi connectivity index (χ1n) is 6.05. The second kappa shape index (κ2) is 5.50. The van der Waals surface area contributed by atoms with E-state index < -0.39 is 12.6 Å². The fraction of sp³-hybridized carbons (Fsp3) is 0.583. The molecule has 0 saturated carbocycles. The Hall–Kier alpha value is -1.08. The molecule has 0 spiro atoms. The van der Waals surface area contributed by atoms with E-state index in [1.54, 1.807) is 6.92 Å². The second-order valence-electron chi connectivity index (χ2n) is 4.56. The third-order valence-electron chi connectivity index (χ3n) is 3.04. The molecule has 1 aliphatic rings. The quantitative estimate of drug-likeness (QED) is 0.925. The summed E-state index contributed by atoms with van der Waals surface area (Å²) in [4.78, 5) is 14.4. The van der Waals surface area contributed by atoms with Crippen LogP contribution >= 0.6 is 11.3 Å². The average Bonchev–Trinajstić information content (AvgIpc) is 2.90. The van der Waals surface area contributed by atoms with Gasteiger partial charge in [0.05, 0.1) is 6.04 Å². The summed E-state index contributed by atoms with van der Waals surface area (Å²) >= 11 is 1.49. The van der Waals surface area contributed by atoms with Crippen molar-refractivity contribution in [2.45, 2.75) is 38.1 Å². The largest absolute Gasteiger partial charge is 0.389 e. The minimum absolute atomic E-state index is 0.0640. The molecule has 1 amide bonds. The molecule has 1 aromatic heterocycles. The van der Waals surface area contributed by atoms with Gasteiger partial charge >= 0.3 is 6.18 Å². The van der Waals surface area contributed by atoms with Gasteiger partial charge in [0.25, 0.3) is 0 Å². The first kappa shape index (κ1) is 14.3. The van der Waals surface area contributed by atoms with Gasteiger partial charge in [-0.05, 0) is 24.8 Å². The van der Waals surface area contributed by atoms with Gasteiger partial charge in [-0.15, -0.1) is 11.3 Å². The average molecular weight is 292 g/mol. The number of nitrogens with one attached hydrogen (secondary N) is 1. The Morgan fingerprint density at radius 3 is 2.79 bits per heavy atom. The van der Waals surface area contributed by atoms with E-state index in [0.717, 1.165) is 4.88 Å². The molecule has 1 aromatic rings. The van der Waals surface area contributed by atoms with Crippen molar-refractivity contribution in [2.24, 2.45) is 0 Å². The van der Waals surface area contributed by atoms with Crippen LogP contribution in [0.1, 0.15) is 30.8 Å². The molecule has 0 radical (unpaired) electrons. The fourth-order valence-electron chi connectivity index (χ4n) is 2.15. The Kier molecular flexibility index (Phi) is 4.15. The highest BCUT2D eigenvalue weighted by Gasteiger charge is 2.38. The zero-order valence-corrected chi connectivity index (χ0v) is 11.2. The van der Waals surface area contributed by atoms with E-state index in [0.29, 0.717) is 0 Å². The highest BCUT2D eigenvalue weighted by atomic mass is 32.1. The Labute approximate surface area is 113 Å². The predicted octanol–water partition coefficient (Wildman–Crippen LogP) is 2.91. The topological polar surface area (TPSA) is 32.3 Å². The third-order valence-corrected chi connectivity index (χ3v) is 3.97. The zero-order valence-electron chi connectivity index (χ0n) is 10.4. The summed E-state index contributed by atoms with van der Waals surface area (Å²) in [5.74, 6) is -0.138. The lowest BCUT2D eigenvalue weighted by atomic mass is 10.2. The van der Waals surface area contributed by atoms with Gasteiger partial charge in [0.2, 0.25) is 5.91 Å². The summed E-state index contributed by atoms with van der Waals surface area (Å²) in [5, 5.41) is 5.00. The summed E-state index contributed by atoms with van der Waals surface area (Å²) in [5.41, 5.74) is 0. The molecule has 2 atom stereocenters. The Balaban J connectivity index is 2.01. The van der Waals surface area contributed by atoms with Gasteiger partial charge in [0.1, 0.15) is 6.17 Å². The predicted molar refractivity (Wildman–Crippen MR) is 66.7 cm³/mol. The fourth-order valence-corrected chi connectivity index (χ4v) is 2.94. The van der Waals surface area contributed by atoms with Crippen molar-refractivity contribution in [3.63, 3.8) is 0 Å². The van der Waals surface area contributed by atoms with Gasteiger partial charge in [-0.25, -0.2) is 0 Å². The number of hydrogen-bond acceptors (Lipinski definition) is 3. The van der Waals surface area contributed by atoms with Gasteiger partial charge in [-0.1, -0.05) is 6.07 Å². The van der Waals surface area contributed by atoms with Crippen LogP contribution in [0.2, 0.25) is 0 Å². The van der Waals surface area contributed by atoms with Crippen LogP contribution in [0.3, 0.4) is 0 Å². The Bertz CT molecular complexity index is 433. The lowest BCUT2D eigenvalue weighted by Gasteiger charge is -2.23. The first-order valence-corrected chi connectivity index (χ1v) is 6.93. The first-order chi connectivity index (χ1) is 8.88. The van der Waals surface area contributed by atoms with Crippen LogP contribution in [0.15, 0.2) is 17.5 Å². The van der Waals surface area contributed by atoms with Crippen LogP contribution in [0.25, 0.3) is 0 Å². The molecule has 7 heteroatoms. The number of rotatable bonds is 4. The maximum Gasteiger partial charge on any atom is 0.389 e. The van der Waals surface area contributed by atoms with Crippen LogP contribution < -0.4 is 5.32 Å². The molecule has 1 saturated heterocycles. The SMILES string of the molecule is CC1NC(c2cccs2)N(CCCC(F)(F)F)C1=O. The van der Waals surface area contributed by atoms with E-state index in [4.69, 9.17) is 0 Å². The zero-order chi connectivity index (χ0) is 14.0. The van der Waals surface area contributed by atoms with Crippen molar-refractivity contribution in [1.82, 2.24) is 10.2 Å². The lowest BCUT2D eigenvalue weighted by molar-refractivity contribution is -0.140. The molecule has 1 fully saturated rings. The Morgan fingerprint density at radius 1 is 1.47 bits per heavy atom. The molecule has 19 heavy (non-hydrogen) atoms. The van der Waals surface area contributed by atoms with E-state index in [9.17, 15) is 18.0 Å². The van der Waals surface area contributed by atoms with E-state index in [-0.39, 0.29) is 31.1 Å². The molecular formula is C12H15F3N2OS. The van der Waals surface area contributed by atoms with E-state index in [2.05, 4.69) is 5.32 Å². The number of thiophene rings is 1. The van der Waals surface area contributed by atoms with Crippen molar-refractivity contribution in [3.8, 4) is 0 Å². The van der Waals surface area contributed by atoms with E-state index in [1.807, 2.05) is 17.5 Å². The normalized spacial score (nSPS) is 24.2. The molecule has 0 aliphatic carbocycles. The molecule has 1 N–H and O–H groups in total. The van der Waals surface area contributed by atoms with Crippen molar-refractivity contribution >= 4 is 17.2 Å². The lowest BCUT2D eigenvalue weighted by Crippen LogP contribution is -2.31. The molecule has 2 rings (SSSR count). The van der Waals surface area contributed by atoms with Gasteiger partial charge in [-0.2, -0.15) is 13.2 Å². The molecule has 0 bridgehead atoms. The molecule has 2 heterocycles. The standard InChI is InChI=1S/C12H15F3N2OS/c1-8-11(18)17(6-3-5-12(13,14)15)10(16-8)9-4-2-7-19-9/h2,4,7-8,10,16H,3,5-6H2,1H3. The monoisotopic (exact) mass is 292 g/mol. The van der Waals surface area contributed by atoms with Gasteiger partial charge in [0.15, 0.2) is 0 Å². The molecule has 1 aliphatic heterocycles. The summed E-state index contributed by atoms with van der Waals surface area (Å²) in [6.07, 6.45) is -5.38. The van der Waals surface area contributed by atoms with Gasteiger partial charge in [-0.3, -0.25) is 10.1 Å². The van der Waals surface area contributed by atoms with Crippen LogP contribution in [0.5, 0.6) is 0 Å². The smallest absolute Gasteiger partial charge is 0.321 e. The highest BCUT2D eigenvalue weighted by Crippen LogP contribution is 2.29. The van der Waals surface area contributed by atoms with Crippen molar-refractivity contribution in [1.29, 1.82) is 0 Å². The number of alkyl halides is 3. The molecular weight excluding hydrogens is 277 g/mol. The van der Waals surface area contributed by atoms with E-state index in [1.165, 1.54) is 16.2 Å². The maximum absolute atomic E-state index is 12.2. The maximum atomic E-state index is 12.2. The number of amides is 1. The van der Waals surface area contributed by atoms with Crippen LogP contribution in [-0.2, 0) is 4.79 Å². The van der Waals surface area contributed by atoms with Crippen LogP contribution in [0.4, 0.5) is 13.2 Å². The molecule has 0 aromatic carbocycles. The number of halogens is 3. The molecule has 3 nitrogen and oxygen atoms in total. The Morgan fingerprint density at radius 2 is 2.21 bits per heavy atom. The summed E-state index contributed by atoms with van der Waals surface area (Å²) in [7, 11) is 0. The van der Waals surface area contributed by atoms with Crippen molar-refractivity contribution < 1.29 is 18.0 Å². The summed E-state index contributed by atoms with van der Waals surface area (Å²) in [6, 6.07) is 3.39. The second-order valence-corrected chi connectivity index (χ2v) is 5.54.